The molecule has 4 aromatic rings. The lowest BCUT2D eigenvalue weighted by Gasteiger charge is -2.05. The Bertz CT molecular complexity index is 1280. The molecule has 0 fully saturated rings. The van der Waals surface area contributed by atoms with Gasteiger partial charge < -0.3 is 10.3 Å². The van der Waals surface area contributed by atoms with E-state index in [1.807, 2.05) is 30.5 Å². The van der Waals surface area contributed by atoms with Crippen LogP contribution in [0.5, 0.6) is 0 Å². The first-order valence-corrected chi connectivity index (χ1v) is 11.2. The van der Waals surface area contributed by atoms with Gasteiger partial charge in [0.2, 0.25) is 5.91 Å². The van der Waals surface area contributed by atoms with Gasteiger partial charge in [0.15, 0.2) is 5.13 Å². The highest BCUT2D eigenvalue weighted by atomic mass is 35.5. The van der Waals surface area contributed by atoms with E-state index in [4.69, 9.17) is 11.6 Å². The largest absolute Gasteiger partial charge is 0.361 e. The summed E-state index contributed by atoms with van der Waals surface area (Å²) < 4.78 is 27.2. The summed E-state index contributed by atoms with van der Waals surface area (Å²) in [6, 6.07) is 13.3. The first-order chi connectivity index (χ1) is 13.9. The molecule has 10 heteroatoms. The molecule has 1 amide bonds. The summed E-state index contributed by atoms with van der Waals surface area (Å²) in [7, 11) is -3.77. The highest BCUT2D eigenvalue weighted by Crippen LogP contribution is 2.22. The Labute approximate surface area is 175 Å². The smallest absolute Gasteiger partial charge is 0.263 e. The number of nitrogens with one attached hydrogen (secondary N) is 3. The molecule has 29 heavy (non-hydrogen) atoms. The van der Waals surface area contributed by atoms with Gasteiger partial charge in [-0.1, -0.05) is 11.6 Å². The van der Waals surface area contributed by atoms with Gasteiger partial charge in [-0.25, -0.2) is 13.4 Å². The van der Waals surface area contributed by atoms with Gasteiger partial charge in [0, 0.05) is 33.2 Å². The monoisotopic (exact) mass is 446 g/mol. The first-order valence-electron chi connectivity index (χ1n) is 8.49. The van der Waals surface area contributed by atoms with Crippen LogP contribution in [0.25, 0.3) is 10.9 Å². The van der Waals surface area contributed by atoms with E-state index in [1.54, 1.807) is 5.38 Å². The number of nitrogens with zero attached hydrogens (tertiary/aromatic N) is 1. The van der Waals surface area contributed by atoms with Crippen molar-refractivity contribution < 1.29 is 13.2 Å². The van der Waals surface area contributed by atoms with Crippen LogP contribution in [0.1, 0.15) is 5.69 Å². The van der Waals surface area contributed by atoms with Crippen molar-refractivity contribution in [2.24, 2.45) is 0 Å². The molecule has 7 nitrogen and oxygen atoms in total. The van der Waals surface area contributed by atoms with Gasteiger partial charge >= 0.3 is 0 Å². The van der Waals surface area contributed by atoms with Gasteiger partial charge in [-0.15, -0.1) is 11.3 Å². The van der Waals surface area contributed by atoms with E-state index in [1.165, 1.54) is 24.3 Å². The fourth-order valence-corrected chi connectivity index (χ4v) is 4.81. The lowest BCUT2D eigenvalue weighted by Crippen LogP contribution is -2.15. The minimum atomic E-state index is -3.77. The Morgan fingerprint density at radius 2 is 1.93 bits per heavy atom. The van der Waals surface area contributed by atoms with Crippen molar-refractivity contribution in [3.05, 3.63) is 70.8 Å². The molecule has 4 rings (SSSR count). The second-order valence-corrected chi connectivity index (χ2v) is 9.19. The van der Waals surface area contributed by atoms with Crippen molar-refractivity contribution in [2.45, 2.75) is 11.3 Å². The van der Waals surface area contributed by atoms with E-state index in [9.17, 15) is 13.2 Å². The molecular formula is C19H15ClN4O3S2. The molecule has 2 aromatic carbocycles. The number of amides is 1. The van der Waals surface area contributed by atoms with Crippen LogP contribution in [-0.2, 0) is 21.2 Å². The highest BCUT2D eigenvalue weighted by Gasteiger charge is 2.17. The zero-order valence-corrected chi connectivity index (χ0v) is 17.2. The van der Waals surface area contributed by atoms with Crippen LogP contribution >= 0.6 is 22.9 Å². The number of rotatable bonds is 6. The fraction of sp³-hybridized carbons (Fsp3) is 0.0526. The van der Waals surface area contributed by atoms with Crippen LogP contribution in [0.4, 0.5) is 10.8 Å². The van der Waals surface area contributed by atoms with Gasteiger partial charge in [0.05, 0.1) is 17.0 Å². The summed E-state index contributed by atoms with van der Waals surface area (Å²) >= 11 is 6.90. The summed E-state index contributed by atoms with van der Waals surface area (Å²) in [5, 5.41) is 6.10. The van der Waals surface area contributed by atoms with E-state index in [-0.39, 0.29) is 22.4 Å². The van der Waals surface area contributed by atoms with E-state index >= 15 is 0 Å². The Morgan fingerprint density at radius 3 is 2.72 bits per heavy atom. The quantitative estimate of drug-likeness (QED) is 0.411. The fourth-order valence-electron chi connectivity index (χ4n) is 2.72. The highest BCUT2D eigenvalue weighted by molar-refractivity contribution is 7.93. The van der Waals surface area contributed by atoms with Crippen molar-refractivity contribution in [3.63, 3.8) is 0 Å². The lowest BCUT2D eigenvalue weighted by atomic mass is 10.2. The molecule has 0 aliphatic rings. The number of sulfonamides is 1. The zero-order valence-electron chi connectivity index (χ0n) is 14.8. The van der Waals surface area contributed by atoms with Crippen LogP contribution in [0, 0.1) is 0 Å². The van der Waals surface area contributed by atoms with Gasteiger partial charge in [-0.05, 0) is 48.5 Å². The molecule has 0 unspecified atom stereocenters. The third kappa shape index (κ3) is 4.58. The van der Waals surface area contributed by atoms with E-state index in [0.717, 1.165) is 22.2 Å². The van der Waals surface area contributed by atoms with Crippen molar-refractivity contribution in [1.82, 2.24) is 9.97 Å². The Balaban J connectivity index is 1.40. The van der Waals surface area contributed by atoms with Crippen LogP contribution in [-0.4, -0.2) is 24.3 Å². The van der Waals surface area contributed by atoms with Crippen molar-refractivity contribution >= 4 is 60.6 Å². The SMILES string of the molecule is O=C(Cc1csc(NS(=O)(=O)c2ccc(Cl)cc2)n1)Nc1ccc2[nH]ccc2c1. The Hall–Kier alpha value is -2.88. The van der Waals surface area contributed by atoms with Crippen LogP contribution in [0.15, 0.2) is 65.0 Å². The third-order valence-corrected chi connectivity index (χ3v) is 6.62. The minimum Gasteiger partial charge on any atom is -0.361 e. The average Bonchev–Trinajstić information content (AvgIpc) is 3.30. The maximum Gasteiger partial charge on any atom is 0.263 e. The van der Waals surface area contributed by atoms with Crippen LogP contribution in [0.2, 0.25) is 5.02 Å². The van der Waals surface area contributed by atoms with Crippen LogP contribution < -0.4 is 10.0 Å². The number of aromatic amines is 1. The Kier molecular flexibility index (Phi) is 5.27. The van der Waals surface area contributed by atoms with Gasteiger partial charge in [-0.3, -0.25) is 9.52 Å². The molecular weight excluding hydrogens is 432 g/mol. The number of H-pyrrole nitrogens is 1. The number of carbonyl (C=O) groups excluding carboxylic acids is 1. The second kappa shape index (κ2) is 7.86. The zero-order chi connectivity index (χ0) is 20.4. The molecule has 0 aliphatic heterocycles. The topological polar surface area (TPSA) is 104 Å². The molecule has 0 radical (unpaired) electrons. The van der Waals surface area contributed by atoms with Gasteiger partial charge in [0.1, 0.15) is 0 Å². The van der Waals surface area contributed by atoms with Crippen molar-refractivity contribution in [2.75, 3.05) is 10.0 Å². The number of hydrogen-bond donors (Lipinski definition) is 3. The third-order valence-electron chi connectivity index (χ3n) is 4.08. The number of anilines is 2. The molecule has 0 atom stereocenters. The predicted octanol–water partition coefficient (Wildman–Crippen LogP) is 4.26. The molecule has 2 heterocycles. The second-order valence-electron chi connectivity index (χ2n) is 6.21. The van der Waals surface area contributed by atoms with E-state index in [2.05, 4.69) is 20.0 Å². The normalized spacial score (nSPS) is 11.5. The van der Waals surface area contributed by atoms with Gasteiger partial charge in [0.25, 0.3) is 10.0 Å². The molecule has 148 valence electrons. The summed E-state index contributed by atoms with van der Waals surface area (Å²) in [5.41, 5.74) is 2.14. The lowest BCUT2D eigenvalue weighted by molar-refractivity contribution is -0.115. The summed E-state index contributed by atoms with van der Waals surface area (Å²) in [6.07, 6.45) is 1.86. The number of fused-ring (bicyclic) bond motifs is 1. The van der Waals surface area contributed by atoms with E-state index in [0.29, 0.717) is 16.4 Å². The number of benzene rings is 2. The number of thiazole rings is 1. The molecule has 3 N–H and O–H groups in total. The molecule has 0 saturated carbocycles. The maximum absolute atomic E-state index is 12.4. The number of hydrogen-bond acceptors (Lipinski definition) is 5. The van der Waals surface area contributed by atoms with Crippen molar-refractivity contribution in [3.8, 4) is 0 Å². The first kappa shape index (κ1) is 19.4. The number of halogens is 1. The molecule has 2 aromatic heterocycles. The predicted molar refractivity (Wildman–Crippen MR) is 115 cm³/mol. The average molecular weight is 447 g/mol. The van der Waals surface area contributed by atoms with Crippen molar-refractivity contribution in [1.29, 1.82) is 0 Å². The molecule has 0 saturated heterocycles. The van der Waals surface area contributed by atoms with E-state index < -0.39 is 10.0 Å². The standard InChI is InChI=1S/C19H15ClN4O3S2/c20-13-1-4-16(5-2-13)29(26,27)24-19-23-15(11-28-19)10-18(25)22-14-3-6-17-12(9-14)7-8-21-17/h1-9,11,21H,10H2,(H,22,25)(H,23,24). The molecule has 0 aliphatic carbocycles. The van der Waals surface area contributed by atoms with Crippen LogP contribution in [0.3, 0.4) is 0 Å². The maximum atomic E-state index is 12.4. The minimum absolute atomic E-state index is 0.0321. The van der Waals surface area contributed by atoms with Gasteiger partial charge in [-0.2, -0.15) is 0 Å². The molecule has 0 spiro atoms. The summed E-state index contributed by atoms with van der Waals surface area (Å²) in [5.74, 6) is -0.239. The molecule has 0 bridgehead atoms. The Morgan fingerprint density at radius 1 is 1.14 bits per heavy atom. The number of carbonyl (C=O) groups is 1. The summed E-state index contributed by atoms with van der Waals surface area (Å²) in [6.45, 7) is 0. The summed E-state index contributed by atoms with van der Waals surface area (Å²) in [4.78, 5) is 19.7. The number of aromatic nitrogens is 2.